The Morgan fingerprint density at radius 1 is 0.310 bits per heavy atom. The van der Waals surface area contributed by atoms with Crippen LogP contribution in [0.4, 0.5) is 0 Å². The molecule has 3 heterocycles. The van der Waals surface area contributed by atoms with E-state index in [0.717, 1.165) is 33.9 Å². The molecule has 0 N–H and O–H groups in total. The molecule has 0 unspecified atom stereocenters. The molecule has 0 amide bonds. The Morgan fingerprint density at radius 3 is 1.57 bits per heavy atom. The summed E-state index contributed by atoms with van der Waals surface area (Å²) >= 11 is 3.74. The smallest absolute Gasteiger partial charge is 0.161 e. The first kappa shape index (κ1) is 32.1. The van der Waals surface area contributed by atoms with E-state index in [1.165, 1.54) is 94.2 Å². The first-order chi connectivity index (χ1) is 28.7. The van der Waals surface area contributed by atoms with Gasteiger partial charge < -0.3 is 0 Å². The third-order valence-electron chi connectivity index (χ3n) is 12.0. The van der Waals surface area contributed by atoms with Crippen LogP contribution in [0, 0.1) is 0 Å². The largest absolute Gasteiger partial charge is 0.228 e. The second kappa shape index (κ2) is 12.3. The van der Waals surface area contributed by atoms with E-state index in [0.29, 0.717) is 0 Å². The molecule has 4 heteroatoms. The van der Waals surface area contributed by atoms with Crippen LogP contribution in [0.5, 0.6) is 0 Å². The molecule has 0 aliphatic carbocycles. The predicted octanol–water partition coefficient (Wildman–Crippen LogP) is 16.0. The predicted molar refractivity (Wildman–Crippen MR) is 252 cm³/mol. The number of hydrogen-bond acceptors (Lipinski definition) is 4. The van der Waals surface area contributed by atoms with Gasteiger partial charge in [-0.25, -0.2) is 9.97 Å². The van der Waals surface area contributed by atoms with Crippen molar-refractivity contribution in [1.82, 2.24) is 9.97 Å². The van der Waals surface area contributed by atoms with Crippen molar-refractivity contribution in [2.24, 2.45) is 0 Å². The number of aromatic nitrogens is 2. The van der Waals surface area contributed by atoms with Crippen LogP contribution in [0.3, 0.4) is 0 Å². The highest BCUT2D eigenvalue weighted by Crippen LogP contribution is 2.49. The van der Waals surface area contributed by atoms with E-state index in [9.17, 15) is 0 Å². The van der Waals surface area contributed by atoms with E-state index < -0.39 is 0 Å². The Labute approximate surface area is 340 Å². The molecule has 13 rings (SSSR count). The van der Waals surface area contributed by atoms with Gasteiger partial charge in [0.1, 0.15) is 0 Å². The molecule has 0 radical (unpaired) electrons. The van der Waals surface area contributed by atoms with E-state index in [1.807, 2.05) is 22.7 Å². The van der Waals surface area contributed by atoms with Crippen molar-refractivity contribution in [3.8, 4) is 33.9 Å². The van der Waals surface area contributed by atoms with Gasteiger partial charge in [0.2, 0.25) is 0 Å². The Balaban J connectivity index is 1.18. The van der Waals surface area contributed by atoms with Crippen LogP contribution in [0.1, 0.15) is 0 Å². The number of nitrogens with zero attached hydrogens (tertiary/aromatic N) is 2. The lowest BCUT2D eigenvalue weighted by atomic mass is 9.91. The maximum Gasteiger partial charge on any atom is 0.161 e. The molecule has 0 fully saturated rings. The Kier molecular flexibility index (Phi) is 6.79. The molecule has 0 aliphatic heterocycles. The van der Waals surface area contributed by atoms with Crippen LogP contribution in [0.2, 0.25) is 0 Å². The first-order valence-corrected chi connectivity index (χ1v) is 21.3. The van der Waals surface area contributed by atoms with Gasteiger partial charge in [0.25, 0.3) is 0 Å². The zero-order valence-electron chi connectivity index (χ0n) is 31.0. The van der Waals surface area contributed by atoms with Crippen molar-refractivity contribution in [2.75, 3.05) is 0 Å². The molecular formula is C54H30N2S2. The van der Waals surface area contributed by atoms with Crippen LogP contribution in [0.25, 0.3) is 128 Å². The van der Waals surface area contributed by atoms with Crippen LogP contribution >= 0.6 is 22.7 Å². The quantitative estimate of drug-likeness (QED) is 0.167. The minimum atomic E-state index is 0.734. The molecule has 0 saturated carbocycles. The summed E-state index contributed by atoms with van der Waals surface area (Å²) in [6.07, 6.45) is 0. The monoisotopic (exact) mass is 770 g/mol. The van der Waals surface area contributed by atoms with Gasteiger partial charge in [0, 0.05) is 62.4 Å². The first-order valence-electron chi connectivity index (χ1n) is 19.6. The fourth-order valence-corrected chi connectivity index (χ4v) is 11.9. The Morgan fingerprint density at radius 2 is 0.845 bits per heavy atom. The van der Waals surface area contributed by atoms with Gasteiger partial charge in [-0.05, 0) is 84.9 Å². The maximum absolute atomic E-state index is 5.62. The van der Waals surface area contributed by atoms with Gasteiger partial charge in [-0.2, -0.15) is 0 Å². The lowest BCUT2D eigenvalue weighted by Gasteiger charge is -2.15. The zero-order valence-corrected chi connectivity index (χ0v) is 32.7. The molecule has 13 aromatic rings. The van der Waals surface area contributed by atoms with Crippen molar-refractivity contribution in [2.45, 2.75) is 0 Å². The van der Waals surface area contributed by atoms with Gasteiger partial charge in [0.05, 0.1) is 11.4 Å². The second-order valence-electron chi connectivity index (χ2n) is 15.2. The summed E-state index contributed by atoms with van der Waals surface area (Å²) in [6, 6.07) is 66.4. The molecular weight excluding hydrogens is 741 g/mol. The van der Waals surface area contributed by atoms with Gasteiger partial charge in [-0.3, -0.25) is 0 Å². The van der Waals surface area contributed by atoms with Crippen molar-refractivity contribution in [1.29, 1.82) is 0 Å². The standard InChI is InChI=1S/C54H30N2S2/c1-2-13-31(14-3-1)46-30-47(41-24-12-23-40-42-25-32-15-4-6-17-34(32)27-48(42)57-52(40)41)56-54(55-46)45-29-43-38-21-9-8-19-36(38)37-20-10-11-22-39(37)50(43)53-51(45)44-26-33-16-5-7-18-35(33)28-49(44)58-53/h1-30H. The van der Waals surface area contributed by atoms with Gasteiger partial charge in [-0.1, -0.05) is 146 Å². The number of rotatable bonds is 3. The fraction of sp³-hybridized carbons (Fsp3) is 0. The van der Waals surface area contributed by atoms with E-state index in [1.54, 1.807) is 0 Å². The highest BCUT2D eigenvalue weighted by Gasteiger charge is 2.23. The summed E-state index contributed by atoms with van der Waals surface area (Å²) in [5, 5.41) is 17.5. The van der Waals surface area contributed by atoms with Crippen molar-refractivity contribution in [3.63, 3.8) is 0 Å². The van der Waals surface area contributed by atoms with Crippen LogP contribution in [-0.2, 0) is 0 Å². The van der Waals surface area contributed by atoms with Gasteiger partial charge in [0.15, 0.2) is 5.82 Å². The zero-order chi connectivity index (χ0) is 37.9. The molecule has 0 atom stereocenters. The molecule has 2 nitrogen and oxygen atoms in total. The minimum absolute atomic E-state index is 0.734. The van der Waals surface area contributed by atoms with E-state index in [2.05, 4.69) is 182 Å². The van der Waals surface area contributed by atoms with Gasteiger partial charge in [-0.15, -0.1) is 22.7 Å². The van der Waals surface area contributed by atoms with Gasteiger partial charge >= 0.3 is 0 Å². The maximum atomic E-state index is 5.62. The minimum Gasteiger partial charge on any atom is -0.228 e. The fourth-order valence-electron chi connectivity index (χ4n) is 9.33. The number of hydrogen-bond donors (Lipinski definition) is 0. The van der Waals surface area contributed by atoms with Crippen LogP contribution < -0.4 is 0 Å². The average Bonchev–Trinajstić information content (AvgIpc) is 3.85. The second-order valence-corrected chi connectivity index (χ2v) is 17.4. The molecule has 0 spiro atoms. The third-order valence-corrected chi connectivity index (χ3v) is 14.4. The lowest BCUT2D eigenvalue weighted by molar-refractivity contribution is 1.19. The van der Waals surface area contributed by atoms with Crippen molar-refractivity contribution >= 4 is 117 Å². The Hall–Kier alpha value is -6.98. The topological polar surface area (TPSA) is 25.8 Å². The lowest BCUT2D eigenvalue weighted by Crippen LogP contribution is -1.97. The molecule has 0 bridgehead atoms. The molecule has 10 aromatic carbocycles. The number of fused-ring (bicyclic) bond motifs is 15. The SMILES string of the molecule is c1ccc(-c2cc(-c3cccc4c3sc3cc5ccccc5cc34)nc(-c3cc4c5ccccc5c5ccccc5c4c4sc5cc6ccccc6cc5c34)n2)cc1. The molecule has 0 aliphatic rings. The average molecular weight is 771 g/mol. The highest BCUT2D eigenvalue weighted by molar-refractivity contribution is 7.27. The normalized spacial score (nSPS) is 12.1. The number of benzene rings is 10. The summed E-state index contributed by atoms with van der Waals surface area (Å²) < 4.78 is 5.06. The van der Waals surface area contributed by atoms with E-state index in [4.69, 9.17) is 9.97 Å². The van der Waals surface area contributed by atoms with Crippen molar-refractivity contribution in [3.05, 3.63) is 182 Å². The van der Waals surface area contributed by atoms with Crippen LogP contribution in [-0.4, -0.2) is 9.97 Å². The highest BCUT2D eigenvalue weighted by atomic mass is 32.1. The van der Waals surface area contributed by atoms with E-state index in [-0.39, 0.29) is 0 Å². The summed E-state index contributed by atoms with van der Waals surface area (Å²) in [6.45, 7) is 0. The summed E-state index contributed by atoms with van der Waals surface area (Å²) in [7, 11) is 0. The van der Waals surface area contributed by atoms with Crippen molar-refractivity contribution < 1.29 is 0 Å². The summed E-state index contributed by atoms with van der Waals surface area (Å²) in [5.74, 6) is 0.734. The van der Waals surface area contributed by atoms with Crippen LogP contribution in [0.15, 0.2) is 182 Å². The molecule has 3 aromatic heterocycles. The number of thiophene rings is 2. The third kappa shape index (κ3) is 4.70. The summed E-state index contributed by atoms with van der Waals surface area (Å²) in [5.41, 5.74) is 5.08. The molecule has 268 valence electrons. The Bertz CT molecular complexity index is 3860. The summed E-state index contributed by atoms with van der Waals surface area (Å²) in [4.78, 5) is 11.1. The van der Waals surface area contributed by atoms with E-state index >= 15 is 0 Å². The molecule has 0 saturated heterocycles. The molecule has 58 heavy (non-hydrogen) atoms.